The molecule has 2 heterocycles. The minimum atomic E-state index is 0.914. The van der Waals surface area contributed by atoms with Crippen LogP contribution in [0.2, 0.25) is 0 Å². The normalized spacial score (nSPS) is 11.9. The van der Waals surface area contributed by atoms with Gasteiger partial charge in [0, 0.05) is 27.6 Å². The van der Waals surface area contributed by atoms with Gasteiger partial charge in [0.15, 0.2) is 0 Å². The molecule has 328 valence electrons. The van der Waals surface area contributed by atoms with Crippen LogP contribution in [0.25, 0.3) is 148 Å². The van der Waals surface area contributed by atoms with Crippen LogP contribution in [0.15, 0.2) is 249 Å². The summed E-state index contributed by atoms with van der Waals surface area (Å²) in [5.74, 6) is 0.914. The van der Waals surface area contributed by atoms with Crippen molar-refractivity contribution >= 4 is 97.3 Å². The van der Waals surface area contributed by atoms with Crippen LogP contribution in [-0.2, 0) is 0 Å². The molecule has 0 saturated carbocycles. The lowest BCUT2D eigenvalue weighted by Gasteiger charge is -2.18. The Morgan fingerprint density at radius 2 is 0.676 bits per heavy atom. The molecule has 0 spiro atoms. The monoisotopic (exact) mass is 899 g/mol. The average Bonchev–Trinajstić information content (AvgIpc) is 3.85. The number of hydrogen-bond donors (Lipinski definition) is 0. The van der Waals surface area contributed by atoms with E-state index in [-0.39, 0.29) is 0 Å². The minimum Gasteiger partial charge on any atom is -0.292 e. The maximum Gasteiger partial charge on any atom is 0.145 e. The first kappa shape index (κ1) is 39.5. The quantitative estimate of drug-likeness (QED) is 0.161. The van der Waals surface area contributed by atoms with E-state index < -0.39 is 0 Å². The molecule has 0 fully saturated rings. The van der Waals surface area contributed by atoms with Gasteiger partial charge < -0.3 is 0 Å². The molecule has 0 N–H and O–H groups in total. The van der Waals surface area contributed by atoms with Crippen LogP contribution in [0.5, 0.6) is 0 Å². The number of hydrogen-bond acceptors (Lipinski definition) is 2. The molecule has 0 radical (unpaired) electrons. The Kier molecular flexibility index (Phi) is 8.66. The summed E-state index contributed by atoms with van der Waals surface area (Å²) in [7, 11) is 0. The molecule has 0 saturated heterocycles. The van der Waals surface area contributed by atoms with Crippen LogP contribution in [0.3, 0.4) is 0 Å². The molecule has 15 aromatic rings. The van der Waals surface area contributed by atoms with Gasteiger partial charge in [-0.3, -0.25) is 4.57 Å². The molecule has 0 amide bonds. The van der Waals surface area contributed by atoms with E-state index in [2.05, 4.69) is 253 Å². The van der Waals surface area contributed by atoms with Gasteiger partial charge in [0.2, 0.25) is 0 Å². The van der Waals surface area contributed by atoms with Crippen molar-refractivity contribution in [3.63, 3.8) is 0 Å². The number of nitrogens with zero attached hydrogens (tertiary/aromatic N) is 3. The maximum atomic E-state index is 5.66. The Morgan fingerprint density at radius 3 is 1.23 bits per heavy atom. The molecule has 0 bridgehead atoms. The molecule has 71 heavy (non-hydrogen) atoms. The second-order valence-electron chi connectivity index (χ2n) is 18.8. The van der Waals surface area contributed by atoms with E-state index in [1.807, 2.05) is 0 Å². The van der Waals surface area contributed by atoms with Gasteiger partial charge in [-0.15, -0.1) is 0 Å². The van der Waals surface area contributed by atoms with Gasteiger partial charge in [-0.2, -0.15) is 0 Å². The summed E-state index contributed by atoms with van der Waals surface area (Å²) in [6.07, 6.45) is 0. The minimum absolute atomic E-state index is 0.914. The van der Waals surface area contributed by atoms with E-state index >= 15 is 0 Å². The number of rotatable bonds is 5. The van der Waals surface area contributed by atoms with Crippen LogP contribution < -0.4 is 0 Å². The predicted octanol–water partition coefficient (Wildman–Crippen LogP) is 18.3. The molecule has 13 aromatic carbocycles. The molecular weight excluding hydrogens is 859 g/mol. The molecule has 15 rings (SSSR count). The van der Waals surface area contributed by atoms with E-state index in [0.29, 0.717) is 0 Å². The van der Waals surface area contributed by atoms with Crippen molar-refractivity contribution in [1.82, 2.24) is 14.5 Å². The second-order valence-corrected chi connectivity index (χ2v) is 18.8. The number of aromatic nitrogens is 3. The summed E-state index contributed by atoms with van der Waals surface area (Å²) in [4.78, 5) is 10.8. The van der Waals surface area contributed by atoms with Crippen molar-refractivity contribution < 1.29 is 0 Å². The summed E-state index contributed by atoms with van der Waals surface area (Å²) in [6, 6.07) is 90.7. The highest BCUT2D eigenvalue weighted by Crippen LogP contribution is 2.45. The van der Waals surface area contributed by atoms with Crippen LogP contribution in [0.1, 0.15) is 0 Å². The van der Waals surface area contributed by atoms with Gasteiger partial charge in [-0.1, -0.05) is 200 Å². The highest BCUT2D eigenvalue weighted by Gasteiger charge is 2.20. The highest BCUT2D eigenvalue weighted by molar-refractivity contribution is 6.28. The topological polar surface area (TPSA) is 30.7 Å². The van der Waals surface area contributed by atoms with Crippen molar-refractivity contribution in [2.75, 3.05) is 0 Å². The van der Waals surface area contributed by atoms with Gasteiger partial charge in [-0.25, -0.2) is 9.97 Å². The molecule has 0 aliphatic heterocycles. The second kappa shape index (κ2) is 15.5. The zero-order valence-electron chi connectivity index (χ0n) is 38.5. The Balaban J connectivity index is 0.983. The number of fused-ring (bicyclic) bond motifs is 16. The molecule has 0 aliphatic rings. The van der Waals surface area contributed by atoms with Gasteiger partial charge in [0.25, 0.3) is 0 Å². The van der Waals surface area contributed by atoms with Crippen LogP contribution in [-0.4, -0.2) is 14.5 Å². The number of pyridine rings is 1. The third kappa shape index (κ3) is 6.10. The fourth-order valence-corrected chi connectivity index (χ4v) is 11.7. The van der Waals surface area contributed by atoms with Crippen molar-refractivity contribution in [3.05, 3.63) is 249 Å². The van der Waals surface area contributed by atoms with E-state index in [9.17, 15) is 0 Å². The van der Waals surface area contributed by atoms with Crippen LogP contribution in [0.4, 0.5) is 0 Å². The maximum absolute atomic E-state index is 5.66. The van der Waals surface area contributed by atoms with Crippen molar-refractivity contribution in [2.24, 2.45) is 0 Å². The van der Waals surface area contributed by atoms with Gasteiger partial charge in [0.05, 0.1) is 22.2 Å². The lowest BCUT2D eigenvalue weighted by molar-refractivity contribution is 1.10. The molecule has 0 unspecified atom stereocenters. The summed E-state index contributed by atoms with van der Waals surface area (Å²) in [5.41, 5.74) is 11.7. The van der Waals surface area contributed by atoms with E-state index in [1.54, 1.807) is 0 Å². The Morgan fingerprint density at radius 1 is 0.254 bits per heavy atom. The number of imidazole rings is 1. The predicted molar refractivity (Wildman–Crippen MR) is 301 cm³/mol. The molecule has 3 heteroatoms. The van der Waals surface area contributed by atoms with Gasteiger partial charge >= 0.3 is 0 Å². The average molecular weight is 900 g/mol. The SMILES string of the molecule is c1ccc(-c2nc3ccccc3n2-c2ccc(-c3cc(-c4ccc5c6ccccc6c6ccccc6c5c4)c4cc(-c5ccc6c7ccccc7c7ccccc7c6c5)c5ccccc5c4n3)cc2)cc1. The fourth-order valence-electron chi connectivity index (χ4n) is 11.7. The highest BCUT2D eigenvalue weighted by atomic mass is 15.1. The molecular formula is C68H41N3. The number of benzene rings is 13. The van der Waals surface area contributed by atoms with E-state index in [4.69, 9.17) is 9.97 Å². The van der Waals surface area contributed by atoms with Crippen molar-refractivity contribution in [3.8, 4) is 50.6 Å². The first-order valence-corrected chi connectivity index (χ1v) is 24.4. The first-order valence-electron chi connectivity index (χ1n) is 24.4. The third-order valence-corrected chi connectivity index (χ3v) is 14.9. The molecule has 0 atom stereocenters. The lowest BCUT2D eigenvalue weighted by Crippen LogP contribution is -1.98. The van der Waals surface area contributed by atoms with E-state index in [1.165, 1.54) is 81.1 Å². The largest absolute Gasteiger partial charge is 0.292 e. The Hall–Kier alpha value is -9.44. The molecule has 3 nitrogen and oxygen atoms in total. The fraction of sp³-hybridized carbons (Fsp3) is 0. The zero-order valence-corrected chi connectivity index (χ0v) is 38.5. The standard InChI is InChI=1S/C68H41N3/c1-2-16-43(17-3-1)68-70-64-28-14-15-29-66(64)71(68)46-34-30-42(31-35-46)65-41-60(45-33-37-57-52-23-7-5-19-48(52)50-21-9-11-25-54(50)62(57)39-45)63-40-59(55-26-12-13-27-58(55)67(63)69-65)44-32-36-56-51-22-6-4-18-47(51)49-20-8-10-24-53(49)61(56)38-44/h1-41H. The Bertz CT molecular complexity index is 4610. The van der Waals surface area contributed by atoms with Crippen molar-refractivity contribution in [2.45, 2.75) is 0 Å². The van der Waals surface area contributed by atoms with E-state index in [0.717, 1.165) is 66.8 Å². The van der Waals surface area contributed by atoms with Crippen LogP contribution >= 0.6 is 0 Å². The summed E-state index contributed by atoms with van der Waals surface area (Å²) in [6.45, 7) is 0. The smallest absolute Gasteiger partial charge is 0.145 e. The lowest BCUT2D eigenvalue weighted by atomic mass is 9.88. The van der Waals surface area contributed by atoms with Gasteiger partial charge in [0.1, 0.15) is 5.82 Å². The first-order chi connectivity index (χ1) is 35.2. The van der Waals surface area contributed by atoms with Crippen LogP contribution in [0, 0.1) is 0 Å². The summed E-state index contributed by atoms with van der Waals surface area (Å²) in [5, 5.41) is 18.6. The van der Waals surface area contributed by atoms with Gasteiger partial charge in [-0.05, 0) is 141 Å². The third-order valence-electron chi connectivity index (χ3n) is 14.9. The Labute approximate surface area is 409 Å². The molecule has 0 aliphatic carbocycles. The molecule has 2 aromatic heterocycles. The number of para-hydroxylation sites is 2. The zero-order chi connectivity index (χ0) is 46.6. The van der Waals surface area contributed by atoms with Crippen molar-refractivity contribution in [1.29, 1.82) is 0 Å². The summed E-state index contributed by atoms with van der Waals surface area (Å²) < 4.78 is 2.27. The summed E-state index contributed by atoms with van der Waals surface area (Å²) >= 11 is 0.